The Balaban J connectivity index is 1.45. The van der Waals surface area contributed by atoms with Gasteiger partial charge in [0.2, 0.25) is 0 Å². The third kappa shape index (κ3) is 5.36. The Bertz CT molecular complexity index is 1950. The lowest BCUT2D eigenvalue weighted by Gasteiger charge is -2.30. The van der Waals surface area contributed by atoms with Gasteiger partial charge in [0.15, 0.2) is 0 Å². The summed E-state index contributed by atoms with van der Waals surface area (Å²) in [6, 6.07) is 18.4. The van der Waals surface area contributed by atoms with Crippen LogP contribution in [0.4, 0.5) is 4.39 Å². The van der Waals surface area contributed by atoms with Crippen molar-refractivity contribution >= 4 is 45.0 Å². The molecule has 0 unspecified atom stereocenters. The molecule has 43 heavy (non-hydrogen) atoms. The maximum Gasteiger partial charge on any atom is 0.261 e. The number of fused-ring (bicyclic) bond motifs is 3. The molecule has 2 aromatic heterocycles. The molecule has 0 fully saturated rings. The van der Waals surface area contributed by atoms with Gasteiger partial charge in [-0.25, -0.2) is 8.91 Å². The molecule has 0 radical (unpaired) electrons. The monoisotopic (exact) mass is 661 g/mol. The van der Waals surface area contributed by atoms with E-state index in [1.807, 2.05) is 0 Å². The summed E-state index contributed by atoms with van der Waals surface area (Å²) in [5, 5.41) is 7.71. The van der Waals surface area contributed by atoms with Gasteiger partial charge in [-0.2, -0.15) is 5.10 Å². The molecule has 0 atom stereocenters. The second kappa shape index (κ2) is 11.8. The Hall–Kier alpha value is -4.28. The largest absolute Gasteiger partial charge is 0.355 e. The van der Waals surface area contributed by atoms with Crippen LogP contribution in [0, 0.1) is 5.82 Å². The molecular formula is C32H26BrClFN5O3. The minimum absolute atomic E-state index is 0.179. The summed E-state index contributed by atoms with van der Waals surface area (Å²) in [4.78, 5) is 41.5. The molecule has 1 aliphatic heterocycles. The normalized spacial score (nSPS) is 12.8. The van der Waals surface area contributed by atoms with E-state index in [1.54, 1.807) is 87.9 Å². The Labute approximate surface area is 259 Å². The van der Waals surface area contributed by atoms with Crippen molar-refractivity contribution in [3.8, 4) is 5.69 Å². The van der Waals surface area contributed by atoms with Crippen molar-refractivity contribution in [2.24, 2.45) is 0 Å². The molecule has 0 aliphatic carbocycles. The summed E-state index contributed by atoms with van der Waals surface area (Å²) >= 11 is 9.61. The lowest BCUT2D eigenvalue weighted by Crippen LogP contribution is -2.41. The molecule has 1 N–H and O–H groups in total. The lowest BCUT2D eigenvalue weighted by atomic mass is 10.0. The first-order valence-electron chi connectivity index (χ1n) is 13.7. The van der Waals surface area contributed by atoms with E-state index in [1.165, 1.54) is 6.07 Å². The summed E-state index contributed by atoms with van der Waals surface area (Å²) < 4.78 is 18.5. The highest BCUT2D eigenvalue weighted by molar-refractivity contribution is 9.10. The van der Waals surface area contributed by atoms with Crippen LogP contribution in [0.3, 0.4) is 0 Å². The number of rotatable bonds is 6. The van der Waals surface area contributed by atoms with Crippen molar-refractivity contribution in [3.63, 3.8) is 0 Å². The van der Waals surface area contributed by atoms with Gasteiger partial charge in [-0.1, -0.05) is 29.8 Å². The van der Waals surface area contributed by atoms with Crippen LogP contribution >= 0.6 is 27.5 Å². The molecule has 0 saturated heterocycles. The lowest BCUT2D eigenvalue weighted by molar-refractivity contribution is 0.0729. The molecule has 2 amide bonds. The fourth-order valence-corrected chi connectivity index (χ4v) is 5.92. The van der Waals surface area contributed by atoms with Crippen molar-refractivity contribution in [2.75, 3.05) is 13.6 Å². The van der Waals surface area contributed by atoms with Gasteiger partial charge in [-0.05, 0) is 89.3 Å². The van der Waals surface area contributed by atoms with Crippen molar-refractivity contribution in [1.29, 1.82) is 0 Å². The van der Waals surface area contributed by atoms with Crippen LogP contribution in [-0.4, -0.2) is 44.5 Å². The van der Waals surface area contributed by atoms with Gasteiger partial charge in [-0.3, -0.25) is 19.0 Å². The van der Waals surface area contributed by atoms with Gasteiger partial charge in [0.05, 0.1) is 29.1 Å². The van der Waals surface area contributed by atoms with Crippen LogP contribution in [0.15, 0.2) is 82.2 Å². The van der Waals surface area contributed by atoms with Crippen LogP contribution in [0.5, 0.6) is 0 Å². The highest BCUT2D eigenvalue weighted by Crippen LogP contribution is 2.27. The molecule has 1 aliphatic rings. The molecule has 0 bridgehead atoms. The molecule has 5 aromatic rings. The highest BCUT2D eigenvalue weighted by atomic mass is 79.9. The predicted octanol–water partition coefficient (Wildman–Crippen LogP) is 5.38. The maximum absolute atomic E-state index is 14.4. The molecule has 3 heterocycles. The number of benzene rings is 3. The number of nitrogens with one attached hydrogen (secondary N) is 1. The van der Waals surface area contributed by atoms with E-state index in [2.05, 4.69) is 26.3 Å². The van der Waals surface area contributed by atoms with Crippen LogP contribution < -0.4 is 10.9 Å². The average Bonchev–Trinajstić information content (AvgIpc) is 3.45. The Kier molecular flexibility index (Phi) is 7.89. The molecular weight excluding hydrogens is 637 g/mol. The Morgan fingerprint density at radius 1 is 1.02 bits per heavy atom. The van der Waals surface area contributed by atoms with Crippen LogP contribution in [0.1, 0.15) is 43.1 Å². The summed E-state index contributed by atoms with van der Waals surface area (Å²) in [6.07, 6.45) is 2.87. The zero-order valence-electron chi connectivity index (χ0n) is 23.1. The minimum atomic E-state index is -0.291. The van der Waals surface area contributed by atoms with Crippen LogP contribution in [-0.2, 0) is 25.8 Å². The fraction of sp³-hybridized carbons (Fsp3) is 0.188. The first-order chi connectivity index (χ1) is 20.8. The maximum atomic E-state index is 14.4. The summed E-state index contributed by atoms with van der Waals surface area (Å²) in [7, 11) is 1.56. The number of amides is 2. The van der Waals surface area contributed by atoms with Gasteiger partial charge in [-0.15, -0.1) is 0 Å². The van der Waals surface area contributed by atoms with E-state index in [-0.39, 0.29) is 29.7 Å². The number of aromatic nitrogens is 3. The third-order valence-electron chi connectivity index (χ3n) is 7.76. The quantitative estimate of drug-likeness (QED) is 0.265. The van der Waals surface area contributed by atoms with Gasteiger partial charge >= 0.3 is 0 Å². The second-order valence-electron chi connectivity index (χ2n) is 10.3. The van der Waals surface area contributed by atoms with Gasteiger partial charge in [0.1, 0.15) is 11.5 Å². The Morgan fingerprint density at radius 2 is 1.74 bits per heavy atom. The van der Waals surface area contributed by atoms with E-state index in [0.717, 1.165) is 5.56 Å². The first-order valence-corrected chi connectivity index (χ1v) is 14.9. The summed E-state index contributed by atoms with van der Waals surface area (Å²) in [6.45, 7) is 0.524. The standard InChI is InChI=1S/C32H26BrClFN5O3/c1-36-29(41)20-8-11-23(12-9-20)39-30-22(7-6-19-4-2-3-5-27(19)35)17-37-40(30)28-18-38(15-14-24(28)32(39)43)31(42)21-10-13-25(33)26(34)16-21/h2-5,8-13,16-17H,6-7,14-15,18H2,1H3,(H,36,41). The molecule has 0 saturated carbocycles. The third-order valence-corrected chi connectivity index (χ3v) is 8.99. The van der Waals surface area contributed by atoms with Gasteiger partial charge < -0.3 is 10.2 Å². The van der Waals surface area contributed by atoms with E-state index >= 15 is 0 Å². The van der Waals surface area contributed by atoms with Crippen molar-refractivity contribution < 1.29 is 14.0 Å². The summed E-state index contributed by atoms with van der Waals surface area (Å²) in [5.74, 6) is -0.726. The molecule has 8 nitrogen and oxygen atoms in total. The van der Waals surface area contributed by atoms with Crippen molar-refractivity contribution in [1.82, 2.24) is 24.4 Å². The highest BCUT2D eigenvalue weighted by Gasteiger charge is 2.29. The number of halogens is 3. The van der Waals surface area contributed by atoms with E-state index in [4.69, 9.17) is 11.6 Å². The average molecular weight is 663 g/mol. The van der Waals surface area contributed by atoms with E-state index in [9.17, 15) is 18.8 Å². The predicted molar refractivity (Wildman–Crippen MR) is 166 cm³/mol. The van der Waals surface area contributed by atoms with Gasteiger partial charge in [0.25, 0.3) is 17.4 Å². The number of hydrogen-bond acceptors (Lipinski definition) is 4. The van der Waals surface area contributed by atoms with Crippen LogP contribution in [0.25, 0.3) is 11.3 Å². The number of nitrogens with zero attached hydrogens (tertiary/aromatic N) is 4. The molecule has 0 spiro atoms. The zero-order chi connectivity index (χ0) is 30.2. The Morgan fingerprint density at radius 3 is 2.47 bits per heavy atom. The van der Waals surface area contributed by atoms with Gasteiger partial charge in [0, 0.05) is 40.3 Å². The van der Waals surface area contributed by atoms with Crippen molar-refractivity contribution in [3.05, 3.63) is 132 Å². The first kappa shape index (κ1) is 28.8. The number of carbonyl (C=O) groups excluding carboxylic acids is 2. The van der Waals surface area contributed by atoms with Crippen LogP contribution in [0.2, 0.25) is 5.02 Å². The number of carbonyl (C=O) groups is 2. The smallest absolute Gasteiger partial charge is 0.261 e. The van der Waals surface area contributed by atoms with Crippen molar-refractivity contribution in [2.45, 2.75) is 25.8 Å². The molecule has 6 rings (SSSR count). The molecule has 3 aromatic carbocycles. The topological polar surface area (TPSA) is 88.7 Å². The SMILES string of the molecule is CNC(=O)c1ccc(-n2c(=O)c3c(n4ncc(CCc5ccccc5F)c24)CN(C(=O)c2ccc(Br)c(Cl)c2)CC3)cc1. The fourth-order valence-electron chi connectivity index (χ4n) is 5.49. The second-order valence-corrected chi connectivity index (χ2v) is 11.6. The summed E-state index contributed by atoms with van der Waals surface area (Å²) in [5.41, 5.74) is 4.29. The zero-order valence-corrected chi connectivity index (χ0v) is 25.5. The molecule has 11 heteroatoms. The van der Waals surface area contributed by atoms with E-state index in [0.29, 0.717) is 74.6 Å². The minimum Gasteiger partial charge on any atom is -0.355 e. The number of hydrogen-bond donors (Lipinski definition) is 1. The molecule has 218 valence electrons. The number of aryl methyl sites for hydroxylation is 2. The van der Waals surface area contributed by atoms with E-state index < -0.39 is 0 Å².